The molecule has 0 spiro atoms. The Hall–Kier alpha value is -2.67. The van der Waals surface area contributed by atoms with Gasteiger partial charge in [-0.1, -0.05) is 77.6 Å². The van der Waals surface area contributed by atoms with Gasteiger partial charge in [0.1, 0.15) is 23.4 Å². The van der Waals surface area contributed by atoms with E-state index in [1.807, 2.05) is 53.7 Å². The number of carbonyl (C=O) groups is 2. The standard InChI is InChI=1S/C26H34O6S/c1-25(2,3)19-11-17(7-9-21(19)27)13-23(29)31-15-33-16-32-24(30)14-18-8-10-22(28)20(12-18)26(4,5)6/h7-12,27-28H,13-16H2,1-6H3. The molecule has 0 fully saturated rings. The van der Waals surface area contributed by atoms with Crippen LogP contribution in [0.15, 0.2) is 36.4 Å². The van der Waals surface area contributed by atoms with Gasteiger partial charge < -0.3 is 19.7 Å². The summed E-state index contributed by atoms with van der Waals surface area (Å²) in [6.07, 6.45) is 0.196. The molecule has 0 heterocycles. The Labute approximate surface area is 200 Å². The summed E-state index contributed by atoms with van der Waals surface area (Å²) >= 11 is 1.18. The van der Waals surface area contributed by atoms with E-state index in [1.54, 1.807) is 24.3 Å². The fourth-order valence-corrected chi connectivity index (χ4v) is 3.77. The second-order valence-corrected chi connectivity index (χ2v) is 10.9. The van der Waals surface area contributed by atoms with Crippen molar-refractivity contribution >= 4 is 23.7 Å². The molecule has 0 aliphatic carbocycles. The lowest BCUT2D eigenvalue weighted by Crippen LogP contribution is -2.14. The lowest BCUT2D eigenvalue weighted by Gasteiger charge is -2.21. The van der Waals surface area contributed by atoms with Gasteiger partial charge in [-0.15, -0.1) is 0 Å². The first-order valence-corrected chi connectivity index (χ1v) is 12.0. The predicted octanol–water partition coefficient (Wildman–Crippen LogP) is 5.21. The molecule has 6 nitrogen and oxygen atoms in total. The molecule has 0 aromatic heterocycles. The Balaban J connectivity index is 1.74. The van der Waals surface area contributed by atoms with Crippen LogP contribution in [-0.2, 0) is 42.7 Å². The van der Waals surface area contributed by atoms with Crippen LogP contribution in [0.5, 0.6) is 11.5 Å². The topological polar surface area (TPSA) is 93.1 Å². The van der Waals surface area contributed by atoms with Gasteiger partial charge in [0.05, 0.1) is 12.8 Å². The van der Waals surface area contributed by atoms with Crippen LogP contribution in [-0.4, -0.2) is 34.0 Å². The molecule has 2 aromatic carbocycles. The van der Waals surface area contributed by atoms with Crippen molar-refractivity contribution in [3.05, 3.63) is 58.7 Å². The molecule has 33 heavy (non-hydrogen) atoms. The second kappa shape index (κ2) is 11.0. The van der Waals surface area contributed by atoms with Gasteiger partial charge in [-0.05, 0) is 45.2 Å². The number of hydrogen-bond acceptors (Lipinski definition) is 7. The molecule has 0 atom stereocenters. The number of phenolic OH excluding ortho intramolecular Hbond substituents is 2. The molecule has 180 valence electrons. The van der Waals surface area contributed by atoms with E-state index in [0.717, 1.165) is 22.3 Å². The van der Waals surface area contributed by atoms with Crippen molar-refractivity contribution in [2.45, 2.75) is 65.2 Å². The predicted molar refractivity (Wildman–Crippen MR) is 131 cm³/mol. The molecule has 0 aliphatic heterocycles. The van der Waals surface area contributed by atoms with Crippen LogP contribution in [0.2, 0.25) is 0 Å². The summed E-state index contributed by atoms with van der Waals surface area (Å²) in [7, 11) is 0. The average Bonchev–Trinajstić information content (AvgIpc) is 2.69. The minimum absolute atomic E-state index is 0.0731. The van der Waals surface area contributed by atoms with Gasteiger partial charge in [0.15, 0.2) is 0 Å². The minimum Gasteiger partial charge on any atom is -0.508 e. The molecule has 2 aromatic rings. The smallest absolute Gasteiger partial charge is 0.311 e. The third-order valence-electron chi connectivity index (χ3n) is 5.04. The van der Waals surface area contributed by atoms with Crippen molar-refractivity contribution in [2.75, 3.05) is 11.9 Å². The van der Waals surface area contributed by atoms with Gasteiger partial charge in [-0.2, -0.15) is 0 Å². The molecule has 0 unspecified atom stereocenters. The van der Waals surface area contributed by atoms with Gasteiger partial charge >= 0.3 is 11.9 Å². The van der Waals surface area contributed by atoms with Crippen LogP contribution in [0, 0.1) is 0 Å². The third kappa shape index (κ3) is 8.31. The zero-order chi connectivity index (χ0) is 24.8. The van der Waals surface area contributed by atoms with E-state index in [9.17, 15) is 19.8 Å². The highest BCUT2D eigenvalue weighted by atomic mass is 32.2. The summed E-state index contributed by atoms with van der Waals surface area (Å²) in [5, 5.41) is 20.1. The highest BCUT2D eigenvalue weighted by molar-refractivity contribution is 7.99. The van der Waals surface area contributed by atoms with E-state index in [0.29, 0.717) is 0 Å². The fraction of sp³-hybridized carbons (Fsp3) is 0.462. The van der Waals surface area contributed by atoms with Crippen LogP contribution in [0.3, 0.4) is 0 Å². The van der Waals surface area contributed by atoms with Gasteiger partial charge in [-0.25, -0.2) is 0 Å². The summed E-state index contributed by atoms with van der Waals surface area (Å²) in [5.41, 5.74) is 2.61. The monoisotopic (exact) mass is 474 g/mol. The van der Waals surface area contributed by atoms with Crippen LogP contribution < -0.4 is 0 Å². The molecule has 0 bridgehead atoms. The first-order chi connectivity index (χ1) is 15.3. The largest absolute Gasteiger partial charge is 0.508 e. The lowest BCUT2D eigenvalue weighted by atomic mass is 9.85. The minimum atomic E-state index is -0.391. The van der Waals surface area contributed by atoms with Crippen molar-refractivity contribution in [2.24, 2.45) is 0 Å². The first-order valence-electron chi connectivity index (χ1n) is 10.8. The summed E-state index contributed by atoms with van der Waals surface area (Å²) in [6, 6.07) is 10.2. The molecular weight excluding hydrogens is 440 g/mol. The Morgan fingerprint density at radius 3 is 1.42 bits per heavy atom. The Morgan fingerprint density at radius 1 is 0.727 bits per heavy atom. The first kappa shape index (κ1) is 26.6. The molecular formula is C26H34O6S. The van der Waals surface area contributed by atoms with E-state index < -0.39 is 11.9 Å². The maximum Gasteiger partial charge on any atom is 0.311 e. The molecule has 0 radical (unpaired) electrons. The third-order valence-corrected chi connectivity index (χ3v) is 5.61. The van der Waals surface area contributed by atoms with E-state index in [4.69, 9.17) is 9.47 Å². The van der Waals surface area contributed by atoms with Crippen LogP contribution in [0.25, 0.3) is 0 Å². The number of rotatable bonds is 8. The van der Waals surface area contributed by atoms with Gasteiger partial charge in [-0.3, -0.25) is 9.59 Å². The Bertz CT molecular complexity index is 906. The van der Waals surface area contributed by atoms with E-state index in [2.05, 4.69) is 0 Å². The number of ether oxygens (including phenoxy) is 2. The molecule has 0 saturated heterocycles. The van der Waals surface area contributed by atoms with Crippen molar-refractivity contribution in [3.63, 3.8) is 0 Å². The zero-order valence-corrected chi connectivity index (χ0v) is 21.0. The highest BCUT2D eigenvalue weighted by Crippen LogP contribution is 2.32. The fourth-order valence-electron chi connectivity index (χ4n) is 3.27. The van der Waals surface area contributed by atoms with Crippen molar-refractivity contribution < 1.29 is 29.3 Å². The number of aromatic hydroxyl groups is 2. The number of esters is 2. The summed E-state index contributed by atoms with van der Waals surface area (Å²) < 4.78 is 10.4. The number of carbonyl (C=O) groups excluding carboxylic acids is 2. The summed E-state index contributed by atoms with van der Waals surface area (Å²) in [4.78, 5) is 24.2. The molecule has 2 N–H and O–H groups in total. The van der Waals surface area contributed by atoms with Gasteiger partial charge in [0, 0.05) is 0 Å². The number of hydrogen-bond donors (Lipinski definition) is 2. The van der Waals surface area contributed by atoms with Crippen molar-refractivity contribution in [3.8, 4) is 11.5 Å². The quantitative estimate of drug-likeness (QED) is 0.308. The zero-order valence-electron chi connectivity index (χ0n) is 20.2. The van der Waals surface area contributed by atoms with Gasteiger partial charge in [0.25, 0.3) is 0 Å². The average molecular weight is 475 g/mol. The summed E-state index contributed by atoms with van der Waals surface area (Å²) in [5.74, 6) is -0.220. The maximum atomic E-state index is 12.1. The van der Waals surface area contributed by atoms with Crippen molar-refractivity contribution in [1.82, 2.24) is 0 Å². The number of benzene rings is 2. The number of phenols is 2. The Kier molecular flexibility index (Phi) is 8.83. The summed E-state index contributed by atoms with van der Waals surface area (Å²) in [6.45, 7) is 12.0. The lowest BCUT2D eigenvalue weighted by molar-refractivity contribution is -0.140. The number of thioether (sulfide) groups is 1. The van der Waals surface area contributed by atoms with E-state index in [1.165, 1.54) is 11.8 Å². The molecule has 0 amide bonds. The molecule has 7 heteroatoms. The maximum absolute atomic E-state index is 12.1. The van der Waals surface area contributed by atoms with Crippen LogP contribution in [0.4, 0.5) is 0 Å². The van der Waals surface area contributed by atoms with Gasteiger partial charge in [0.2, 0.25) is 0 Å². The van der Waals surface area contributed by atoms with E-state index >= 15 is 0 Å². The molecule has 0 aliphatic rings. The van der Waals surface area contributed by atoms with Crippen molar-refractivity contribution in [1.29, 1.82) is 0 Å². The van der Waals surface area contributed by atoms with Crippen LogP contribution in [0.1, 0.15) is 63.8 Å². The Morgan fingerprint density at radius 2 is 1.09 bits per heavy atom. The SMILES string of the molecule is CC(C)(C)c1cc(CC(=O)OCSCOC(=O)Cc2ccc(O)c(C(C)(C)C)c2)ccc1O. The van der Waals surface area contributed by atoms with Crippen LogP contribution >= 0.6 is 11.8 Å². The molecule has 0 saturated carbocycles. The van der Waals surface area contributed by atoms with E-state index in [-0.39, 0.29) is 47.0 Å². The molecule has 2 rings (SSSR count). The highest BCUT2D eigenvalue weighted by Gasteiger charge is 2.20. The second-order valence-electron chi connectivity index (χ2n) is 10.0. The normalized spacial score (nSPS) is 11.8.